The molecule has 428 valence electrons. The molecule has 0 saturated heterocycles. The summed E-state index contributed by atoms with van der Waals surface area (Å²) in [5, 5.41) is 0. The van der Waals surface area contributed by atoms with E-state index in [4.69, 9.17) is 14.2 Å². The van der Waals surface area contributed by atoms with E-state index in [-0.39, 0.29) is 31.1 Å². The van der Waals surface area contributed by atoms with Gasteiger partial charge in [0.25, 0.3) is 0 Å². The third-order valence-corrected chi connectivity index (χ3v) is 13.9. The summed E-state index contributed by atoms with van der Waals surface area (Å²) in [7, 11) is 0. The van der Waals surface area contributed by atoms with Gasteiger partial charge in [-0.15, -0.1) is 0 Å². The molecular weight excluding hydrogens is 913 g/mol. The van der Waals surface area contributed by atoms with Crippen molar-refractivity contribution >= 4 is 17.9 Å². The second kappa shape index (κ2) is 62.4. The van der Waals surface area contributed by atoms with Crippen molar-refractivity contribution in [2.75, 3.05) is 13.2 Å². The highest BCUT2D eigenvalue weighted by Crippen LogP contribution is 2.17. The first-order valence-electron chi connectivity index (χ1n) is 31.9. The molecule has 0 aromatic rings. The number of carbonyl (C=O) groups excluding carboxylic acids is 3. The van der Waals surface area contributed by atoms with Crippen molar-refractivity contribution in [3.63, 3.8) is 0 Å². The van der Waals surface area contributed by atoms with Gasteiger partial charge in [-0.25, -0.2) is 0 Å². The molecular formula is C68H120O6. The van der Waals surface area contributed by atoms with Crippen LogP contribution in [0.15, 0.2) is 72.9 Å². The van der Waals surface area contributed by atoms with Crippen molar-refractivity contribution < 1.29 is 28.6 Å². The van der Waals surface area contributed by atoms with E-state index in [1.807, 2.05) is 0 Å². The molecule has 0 N–H and O–H groups in total. The molecule has 0 amide bonds. The predicted octanol–water partition coefficient (Wildman–Crippen LogP) is 21.7. The van der Waals surface area contributed by atoms with Gasteiger partial charge in [0, 0.05) is 19.3 Å². The van der Waals surface area contributed by atoms with Crippen molar-refractivity contribution in [1.82, 2.24) is 0 Å². The van der Waals surface area contributed by atoms with E-state index < -0.39 is 6.10 Å². The Kier molecular flexibility index (Phi) is 59.7. The molecule has 0 saturated carbocycles. The maximum Gasteiger partial charge on any atom is 0.306 e. The number of unbranched alkanes of at least 4 members (excludes halogenated alkanes) is 35. The average molecular weight is 1030 g/mol. The van der Waals surface area contributed by atoms with E-state index in [0.717, 1.165) is 109 Å². The minimum absolute atomic E-state index is 0.0770. The van der Waals surface area contributed by atoms with Gasteiger partial charge < -0.3 is 14.2 Å². The zero-order valence-corrected chi connectivity index (χ0v) is 49.1. The van der Waals surface area contributed by atoms with Gasteiger partial charge in [-0.2, -0.15) is 0 Å². The summed E-state index contributed by atoms with van der Waals surface area (Å²) >= 11 is 0. The van der Waals surface area contributed by atoms with Gasteiger partial charge in [0.15, 0.2) is 6.10 Å². The molecule has 0 fully saturated rings. The summed E-state index contributed by atoms with van der Waals surface area (Å²) in [6.07, 6.45) is 80.5. The summed E-state index contributed by atoms with van der Waals surface area (Å²) in [5.74, 6) is -0.876. The molecule has 0 heterocycles. The lowest BCUT2D eigenvalue weighted by Gasteiger charge is -2.18. The van der Waals surface area contributed by atoms with Gasteiger partial charge in [-0.3, -0.25) is 14.4 Å². The molecule has 6 heteroatoms. The van der Waals surface area contributed by atoms with Gasteiger partial charge in [-0.1, -0.05) is 286 Å². The van der Waals surface area contributed by atoms with Crippen molar-refractivity contribution in [2.45, 2.75) is 329 Å². The maximum absolute atomic E-state index is 12.9. The van der Waals surface area contributed by atoms with Crippen LogP contribution < -0.4 is 0 Å². The summed E-state index contributed by atoms with van der Waals surface area (Å²) in [6, 6.07) is 0. The second-order valence-corrected chi connectivity index (χ2v) is 21.3. The molecule has 74 heavy (non-hydrogen) atoms. The Hall–Kier alpha value is -3.15. The third-order valence-electron chi connectivity index (χ3n) is 13.9. The van der Waals surface area contributed by atoms with Crippen LogP contribution in [0.1, 0.15) is 323 Å². The van der Waals surface area contributed by atoms with E-state index >= 15 is 0 Å². The lowest BCUT2D eigenvalue weighted by atomic mass is 10.0. The molecule has 6 nitrogen and oxygen atoms in total. The minimum atomic E-state index is -0.781. The largest absolute Gasteiger partial charge is 0.462 e. The Bertz CT molecular complexity index is 1370. The highest BCUT2D eigenvalue weighted by Gasteiger charge is 2.19. The number of hydrogen-bond donors (Lipinski definition) is 0. The number of hydrogen-bond acceptors (Lipinski definition) is 6. The lowest BCUT2D eigenvalue weighted by molar-refractivity contribution is -0.167. The Morgan fingerprint density at radius 1 is 0.284 bits per heavy atom. The molecule has 0 rings (SSSR count). The van der Waals surface area contributed by atoms with Crippen LogP contribution >= 0.6 is 0 Å². The summed E-state index contributed by atoms with van der Waals surface area (Å²) in [6.45, 7) is 6.53. The molecule has 0 aliphatic rings. The SMILES string of the molecule is CC/C=C\C/C=C\C/C=C\C/C=C\CCCCCCCCCCCCCCCCC(=O)OCC(COC(=O)CCCCCCCCCCCCCCCC)OC(=O)CCCCCCC/C=C\C/C=C\CCCCC. The predicted molar refractivity (Wildman–Crippen MR) is 321 cm³/mol. The van der Waals surface area contributed by atoms with E-state index in [1.165, 1.54) is 173 Å². The topological polar surface area (TPSA) is 78.9 Å². The van der Waals surface area contributed by atoms with Gasteiger partial charge in [0.2, 0.25) is 0 Å². The smallest absolute Gasteiger partial charge is 0.306 e. The Labute approximate surface area is 459 Å². The lowest BCUT2D eigenvalue weighted by Crippen LogP contribution is -2.30. The van der Waals surface area contributed by atoms with E-state index in [1.54, 1.807) is 0 Å². The summed E-state index contributed by atoms with van der Waals surface area (Å²) in [4.78, 5) is 38.3. The van der Waals surface area contributed by atoms with E-state index in [2.05, 4.69) is 93.7 Å². The number of allylic oxidation sites excluding steroid dienone is 12. The fourth-order valence-corrected chi connectivity index (χ4v) is 9.17. The first kappa shape index (κ1) is 70.8. The van der Waals surface area contributed by atoms with Crippen LogP contribution in [-0.4, -0.2) is 37.2 Å². The van der Waals surface area contributed by atoms with Crippen LogP contribution in [0.5, 0.6) is 0 Å². The molecule has 0 aliphatic carbocycles. The van der Waals surface area contributed by atoms with Crippen LogP contribution in [0.3, 0.4) is 0 Å². The van der Waals surface area contributed by atoms with Crippen LogP contribution in [0.25, 0.3) is 0 Å². The molecule has 0 spiro atoms. The second-order valence-electron chi connectivity index (χ2n) is 21.3. The quantitative estimate of drug-likeness (QED) is 0.0261. The molecule has 0 radical (unpaired) electrons. The van der Waals surface area contributed by atoms with Crippen molar-refractivity contribution in [2.24, 2.45) is 0 Å². The minimum Gasteiger partial charge on any atom is -0.462 e. The number of carbonyl (C=O) groups is 3. The van der Waals surface area contributed by atoms with Crippen LogP contribution in [0.4, 0.5) is 0 Å². The summed E-state index contributed by atoms with van der Waals surface area (Å²) < 4.78 is 16.9. The fourth-order valence-electron chi connectivity index (χ4n) is 9.17. The molecule has 0 bridgehead atoms. The van der Waals surface area contributed by atoms with Crippen molar-refractivity contribution in [3.05, 3.63) is 72.9 Å². The van der Waals surface area contributed by atoms with Crippen LogP contribution in [0, 0.1) is 0 Å². The molecule has 1 atom stereocenters. The van der Waals surface area contributed by atoms with Gasteiger partial charge in [0.1, 0.15) is 13.2 Å². The number of esters is 3. The Balaban J connectivity index is 4.25. The first-order chi connectivity index (χ1) is 36.5. The Morgan fingerprint density at radius 3 is 0.851 bits per heavy atom. The van der Waals surface area contributed by atoms with Crippen LogP contribution in [-0.2, 0) is 28.6 Å². The first-order valence-corrected chi connectivity index (χ1v) is 31.9. The molecule has 0 aromatic carbocycles. The monoisotopic (exact) mass is 1030 g/mol. The third kappa shape index (κ3) is 59.7. The highest BCUT2D eigenvalue weighted by atomic mass is 16.6. The van der Waals surface area contributed by atoms with Gasteiger partial charge in [-0.05, 0) is 89.9 Å². The molecule has 1 unspecified atom stereocenters. The maximum atomic E-state index is 12.9. The zero-order valence-electron chi connectivity index (χ0n) is 49.1. The Morgan fingerprint density at radius 2 is 0.527 bits per heavy atom. The standard InChI is InChI=1S/C68H120O6/c1-4-7-10-13-16-19-22-25-28-29-30-31-32-33-34-35-36-37-38-39-41-43-46-49-52-55-58-61-67(70)73-64-65(63-72-66(69)60-57-54-51-48-45-42-27-24-21-18-15-12-9-6-3)74-68(71)62-59-56-53-50-47-44-40-26-23-20-17-14-11-8-5-2/h7,10,16-17,19-20,25-26,28,30-31,40,65H,4-6,8-9,11-15,18,21-24,27,29,32-39,41-64H2,1-3H3/b10-7-,19-16-,20-17-,28-25-,31-30-,40-26-. The zero-order chi connectivity index (χ0) is 53.6. The van der Waals surface area contributed by atoms with Crippen LogP contribution in [0.2, 0.25) is 0 Å². The van der Waals surface area contributed by atoms with Crippen molar-refractivity contribution in [3.8, 4) is 0 Å². The van der Waals surface area contributed by atoms with E-state index in [9.17, 15) is 14.4 Å². The number of rotatable bonds is 58. The molecule has 0 aromatic heterocycles. The van der Waals surface area contributed by atoms with Crippen molar-refractivity contribution in [1.29, 1.82) is 0 Å². The van der Waals surface area contributed by atoms with Gasteiger partial charge in [0.05, 0.1) is 0 Å². The fraction of sp³-hybridized carbons (Fsp3) is 0.779. The average Bonchev–Trinajstić information content (AvgIpc) is 3.40. The molecule has 0 aliphatic heterocycles. The number of ether oxygens (including phenoxy) is 3. The highest BCUT2D eigenvalue weighted by molar-refractivity contribution is 5.71. The normalized spacial score (nSPS) is 12.5. The van der Waals surface area contributed by atoms with E-state index in [0.29, 0.717) is 19.3 Å². The van der Waals surface area contributed by atoms with Gasteiger partial charge >= 0.3 is 17.9 Å². The summed E-state index contributed by atoms with van der Waals surface area (Å²) in [5.41, 5.74) is 0.